The van der Waals surface area contributed by atoms with Crippen LogP contribution in [-0.4, -0.2) is 213 Å². The number of carboxylic acids is 4. The van der Waals surface area contributed by atoms with Crippen molar-refractivity contribution in [1.29, 1.82) is 0 Å². The third-order valence-electron chi connectivity index (χ3n) is 18.2. The SMILES string of the molecule is C.Cc1nc(/C(=N/OC(C)(C)C(=O)[O-])C(=O)C[C@@H]2C(=O)N3C(C(=O)[O-])=C(C[N+]4(CCNC(=O)c5ccc(C)c(O)c5Cl)CCCC4)CS[C@H]23)cs1.Cc1nc(/C(=N/OC(C)(C)C(=O)[O-])C(=O)C[C@@H]2C(=O)N3C(C(=O)[O-])=C(C[N+]4(CCNC(=O)c5ccc(O)c(O)c5Cl)CCCC4)CS[C@H]23)cs1.[Na+].[Na+]. The van der Waals surface area contributed by atoms with E-state index in [0.29, 0.717) is 80.7 Å². The van der Waals surface area contributed by atoms with Crippen LogP contribution in [0.25, 0.3) is 0 Å². The van der Waals surface area contributed by atoms with Crippen molar-refractivity contribution >= 4 is 140 Å². The Morgan fingerprint density at radius 1 is 0.612 bits per heavy atom. The van der Waals surface area contributed by atoms with E-state index >= 15 is 0 Å². The van der Waals surface area contributed by atoms with Gasteiger partial charge in [-0.05, 0) is 72.2 Å². The zero-order chi connectivity index (χ0) is 73.1. The van der Waals surface area contributed by atoms with Crippen molar-refractivity contribution in [2.45, 2.75) is 116 Å². The monoisotopic (exact) mass is 1560 g/mol. The van der Waals surface area contributed by atoms with Crippen LogP contribution in [0.4, 0.5) is 0 Å². The van der Waals surface area contributed by atoms with Crippen molar-refractivity contribution in [3.63, 3.8) is 0 Å². The van der Waals surface area contributed by atoms with Gasteiger partial charge in [-0.15, -0.1) is 46.2 Å². The number of aromatic hydroxyl groups is 3. The molecule has 6 aliphatic rings. The minimum absolute atomic E-state index is 0. The summed E-state index contributed by atoms with van der Waals surface area (Å²) in [5.74, 6) is -11.8. The molecule has 6 aliphatic heterocycles. The number of nitrogens with zero attached hydrogens (tertiary/aromatic N) is 8. The van der Waals surface area contributed by atoms with Crippen molar-refractivity contribution in [1.82, 2.24) is 30.4 Å². The van der Waals surface area contributed by atoms with Crippen LogP contribution in [0.5, 0.6) is 17.2 Å². The summed E-state index contributed by atoms with van der Waals surface area (Å²) in [4.78, 5) is 149. The van der Waals surface area contributed by atoms with Gasteiger partial charge in [-0.2, -0.15) is 0 Å². The average Bonchev–Trinajstić information content (AvgIpc) is 1.73. The quantitative estimate of drug-likeness (QED) is 0.00900. The number of aryl methyl sites for hydroxylation is 3. The van der Waals surface area contributed by atoms with Crippen molar-refractivity contribution < 1.29 is 161 Å². The van der Waals surface area contributed by atoms with Gasteiger partial charge >= 0.3 is 59.1 Å². The molecule has 0 saturated carbocycles. The minimum atomic E-state index is -1.85. The van der Waals surface area contributed by atoms with E-state index in [1.54, 1.807) is 43.7 Å². The average molecular weight is 1560 g/mol. The van der Waals surface area contributed by atoms with E-state index in [0.717, 1.165) is 44.8 Å². The van der Waals surface area contributed by atoms with E-state index in [1.165, 1.54) is 89.8 Å². The third-order valence-corrected chi connectivity index (χ3v) is 23.3. The largest absolute Gasteiger partial charge is 1.00 e. The molecule has 103 heavy (non-hydrogen) atoms. The number of oxime groups is 2. The summed E-state index contributed by atoms with van der Waals surface area (Å²) in [6.45, 7) is 15.0. The number of likely N-dealkylation sites (tertiary alicyclic amines) is 2. The molecule has 544 valence electrons. The van der Waals surface area contributed by atoms with Gasteiger partial charge in [-0.3, -0.25) is 38.6 Å². The van der Waals surface area contributed by atoms with E-state index in [-0.39, 0.29) is 159 Å². The molecular formula is C66H76Cl2N10Na2O19S4. The number of phenols is 3. The zero-order valence-electron chi connectivity index (χ0n) is 57.3. The number of thiazole rings is 2. The van der Waals surface area contributed by atoms with Crippen LogP contribution in [0.2, 0.25) is 10.0 Å². The molecule has 2 aromatic heterocycles. The maximum Gasteiger partial charge on any atom is 1.00 e. The van der Waals surface area contributed by atoms with Gasteiger partial charge in [-0.25, -0.2) is 9.97 Å². The normalized spacial score (nSPS) is 19.7. The fourth-order valence-electron chi connectivity index (χ4n) is 12.6. The number of hydrogen-bond acceptors (Lipinski definition) is 27. The first-order chi connectivity index (χ1) is 47.1. The van der Waals surface area contributed by atoms with Crippen molar-refractivity contribution in [3.8, 4) is 17.2 Å². The summed E-state index contributed by atoms with van der Waals surface area (Å²) in [6, 6.07) is 5.61. The molecule has 0 bridgehead atoms. The number of hydrogen-bond donors (Lipinski definition) is 5. The number of phenolic OH excluding ortho intramolecular Hbond substituents is 3. The van der Waals surface area contributed by atoms with Crippen molar-refractivity contribution in [2.75, 3.05) is 77.0 Å². The van der Waals surface area contributed by atoms with Gasteiger partial charge in [0.25, 0.3) is 11.8 Å². The maximum atomic E-state index is 13.5. The predicted molar refractivity (Wildman–Crippen MR) is 366 cm³/mol. The van der Waals surface area contributed by atoms with Gasteiger partial charge in [0.05, 0.1) is 141 Å². The number of rotatable bonds is 28. The second kappa shape index (κ2) is 35.5. The Hall–Kier alpha value is -6.18. The first-order valence-corrected chi connectivity index (χ1v) is 36.3. The number of aromatic nitrogens is 2. The first-order valence-electron chi connectivity index (χ1n) is 31.7. The fourth-order valence-corrected chi connectivity index (χ4v) is 17.1. The van der Waals surface area contributed by atoms with E-state index in [9.17, 15) is 83.7 Å². The van der Waals surface area contributed by atoms with E-state index < -0.39 is 104 Å². The van der Waals surface area contributed by atoms with E-state index in [4.69, 9.17) is 32.9 Å². The number of carboxylic acid groups (broad SMARTS) is 4. The molecule has 37 heteroatoms. The number of carbonyl (C=O) groups is 10. The number of halogens is 2. The number of aliphatic carboxylic acids is 4. The molecule has 0 aliphatic carbocycles. The zero-order valence-corrected chi connectivity index (χ0v) is 66.1. The number of Topliss-reactive ketones (excluding diaryl/α,β-unsaturated/α-hetero) is 2. The standard InChI is InChI=1S/C33H38ClN5O9S2.C32H36ClN5O10S2.CH4.2Na/c1-17-7-8-20(24(34)27(17)41)28(42)35-9-12-39(10-5-6-11-39)14-19-15-50-30-21(29(43)38(30)26(19)31(44)45)13-23(40)25(22-16-49-18(2)36-22)37-48-33(3,4)32(46)47;1-16-35-20(15-49-16)24(36-48-32(2,3)31(46)47)22(40)12-19-28(43)37-25(30(44)45)17(14-50-29(19)37)13-38(9-4-5-10-38)11-8-34-27(42)18-6-7-21(39)26(41)23(18)33;;;/h7-8,16,21,30H,5-6,9-15H2,1-4H3,(H3-,35,41,42,44,45,46,47);6-7,15,19,29H,4-5,8-14H2,1-3H3,(H4-,34,36,39,40,41,42,44,45,46,47);1H4;;/q;;;2*+1/p-2/b37-25-;;;;/t21-,30-;19-,29-;;;/m11.../s1. The summed E-state index contributed by atoms with van der Waals surface area (Å²) in [7, 11) is 0. The summed E-state index contributed by atoms with van der Waals surface area (Å²) < 4.78 is 0.967. The Morgan fingerprint density at radius 3 is 1.33 bits per heavy atom. The van der Waals surface area contributed by atoms with Crippen LogP contribution in [0.15, 0.2) is 67.9 Å². The summed E-state index contributed by atoms with van der Waals surface area (Å²) in [6.07, 6.45) is 2.93. The Bertz CT molecular complexity index is 3880. The topological polar surface area (TPSA) is 423 Å². The van der Waals surface area contributed by atoms with Crippen LogP contribution in [-0.2, 0) is 48.0 Å². The fraction of sp³-hybridized carbons (Fsp3) is 0.485. The summed E-state index contributed by atoms with van der Waals surface area (Å²) >= 11 is 17.4. The number of thioether (sulfide) groups is 2. The minimum Gasteiger partial charge on any atom is -0.546 e. The number of β-lactam (4-membered cyclic amide) rings is 2. The van der Waals surface area contributed by atoms with Crippen LogP contribution in [0, 0.1) is 32.6 Å². The molecule has 4 amide bonds. The van der Waals surface area contributed by atoms with Gasteiger partial charge < -0.3 is 84.2 Å². The second-order valence-corrected chi connectivity index (χ2v) is 31.2. The van der Waals surface area contributed by atoms with Gasteiger partial charge in [0.1, 0.15) is 30.2 Å². The molecule has 2 aromatic carbocycles. The van der Waals surface area contributed by atoms with Crippen LogP contribution < -0.4 is 90.2 Å². The van der Waals surface area contributed by atoms with Crippen molar-refractivity contribution in [3.05, 3.63) is 106 Å². The Kier molecular flexibility index (Phi) is 29.5. The number of amides is 4. The van der Waals surface area contributed by atoms with E-state index in [2.05, 4.69) is 30.9 Å². The molecule has 4 aromatic rings. The molecule has 4 saturated heterocycles. The number of carbonyl (C=O) groups excluding carboxylic acids is 10. The Labute approximate surface area is 664 Å². The molecule has 0 spiro atoms. The van der Waals surface area contributed by atoms with Gasteiger partial charge in [-0.1, -0.05) is 47.0 Å². The molecule has 4 fully saturated rings. The molecule has 0 radical (unpaired) electrons. The predicted octanol–water partition coefficient (Wildman–Crippen LogP) is -4.15. The number of quaternary nitrogens is 2. The molecule has 10 rings (SSSR count). The summed E-state index contributed by atoms with van der Waals surface area (Å²) in [5.41, 5.74) is -2.55. The number of ketones is 2. The third kappa shape index (κ3) is 19.2. The smallest absolute Gasteiger partial charge is 0.546 e. The van der Waals surface area contributed by atoms with Gasteiger partial charge in [0, 0.05) is 71.9 Å². The van der Waals surface area contributed by atoms with Crippen LogP contribution in [0.3, 0.4) is 0 Å². The second-order valence-electron chi connectivity index (χ2n) is 26.1. The Morgan fingerprint density at radius 2 is 0.981 bits per heavy atom. The number of benzene rings is 2. The summed E-state index contributed by atoms with van der Waals surface area (Å²) in [5, 5.41) is 93.6. The molecule has 5 N–H and O–H groups in total. The molecular weight excluding hydrogens is 1480 g/mol. The molecule has 0 unspecified atom stereocenters. The molecule has 8 heterocycles. The van der Waals surface area contributed by atoms with Crippen LogP contribution in [0.1, 0.15) is 121 Å². The Balaban J connectivity index is 0.000000314. The molecule has 29 nitrogen and oxygen atoms in total. The van der Waals surface area contributed by atoms with Gasteiger partial charge in [0.2, 0.25) is 11.8 Å². The number of nitrogens with one attached hydrogen (secondary N) is 2. The maximum absolute atomic E-state index is 13.5. The van der Waals surface area contributed by atoms with Gasteiger partial charge in [0.15, 0.2) is 45.7 Å². The molecule has 4 atom stereocenters. The van der Waals surface area contributed by atoms with Crippen molar-refractivity contribution in [2.24, 2.45) is 22.1 Å². The first kappa shape index (κ1) is 85.7. The number of fused-ring (bicyclic) bond motifs is 2. The van der Waals surface area contributed by atoms with E-state index in [1.807, 2.05) is 0 Å². The van der Waals surface area contributed by atoms with Crippen LogP contribution >= 0.6 is 69.4 Å².